The van der Waals surface area contributed by atoms with Crippen LogP contribution in [0.3, 0.4) is 0 Å². The van der Waals surface area contributed by atoms with Crippen molar-refractivity contribution in [2.45, 2.75) is 10.9 Å². The Morgan fingerprint density at radius 2 is 1.89 bits per heavy atom. The molecule has 0 saturated heterocycles. The van der Waals surface area contributed by atoms with Gasteiger partial charge in [-0.25, -0.2) is 0 Å². The van der Waals surface area contributed by atoms with Crippen LogP contribution in [-0.2, 0) is 11.3 Å². The molecular weight excluding hydrogens is 394 g/mol. The lowest BCUT2D eigenvalue weighted by molar-refractivity contribution is -0.113. The molecule has 0 saturated carbocycles. The number of nitrogens with one attached hydrogen (secondary N) is 3. The maximum Gasteiger partial charge on any atom is 0.251 e. The third kappa shape index (κ3) is 5.80. The Hall–Kier alpha value is -2.91. The molecule has 3 aromatic rings. The summed E-state index contributed by atoms with van der Waals surface area (Å²) in [7, 11) is 1.56. The molecule has 7 nitrogen and oxygen atoms in total. The van der Waals surface area contributed by atoms with Crippen molar-refractivity contribution in [3.8, 4) is 0 Å². The number of hydrogen-bond acceptors (Lipinski definition) is 7. The van der Waals surface area contributed by atoms with E-state index in [1.807, 2.05) is 30.3 Å². The quantitative estimate of drug-likeness (QED) is 0.491. The first kappa shape index (κ1) is 19.8. The van der Waals surface area contributed by atoms with Crippen LogP contribution in [0.1, 0.15) is 15.9 Å². The molecule has 0 aliphatic rings. The first-order valence-corrected chi connectivity index (χ1v) is 10.3. The number of carbonyl (C=O) groups excluding carboxylic acids is 2. The molecule has 9 heteroatoms. The zero-order chi connectivity index (χ0) is 19.8. The number of hydrogen-bond donors (Lipinski definition) is 3. The highest BCUT2D eigenvalue weighted by Crippen LogP contribution is 2.26. The molecule has 3 rings (SSSR count). The molecule has 28 heavy (non-hydrogen) atoms. The average molecular weight is 414 g/mol. The lowest BCUT2D eigenvalue weighted by atomic mass is 10.2. The van der Waals surface area contributed by atoms with Gasteiger partial charge in [-0.05, 0) is 23.8 Å². The lowest BCUT2D eigenvalue weighted by Gasteiger charge is -2.06. The SMILES string of the molecule is CNC(=O)c1cccc(NC(=O)CSc2nnc(NCc3ccccc3)s2)c1. The number of amides is 2. The van der Waals surface area contributed by atoms with Gasteiger partial charge in [0.05, 0.1) is 5.75 Å². The number of nitrogens with zero attached hydrogens (tertiary/aromatic N) is 2. The molecule has 0 aliphatic heterocycles. The first-order valence-electron chi connectivity index (χ1n) is 8.50. The van der Waals surface area contributed by atoms with Crippen LogP contribution in [-0.4, -0.2) is 34.8 Å². The van der Waals surface area contributed by atoms with Gasteiger partial charge in [0.2, 0.25) is 11.0 Å². The number of rotatable bonds is 8. The van der Waals surface area contributed by atoms with Gasteiger partial charge in [0, 0.05) is 24.8 Å². The third-order valence-electron chi connectivity index (χ3n) is 3.66. The highest BCUT2D eigenvalue weighted by Gasteiger charge is 2.10. The predicted molar refractivity (Wildman–Crippen MR) is 113 cm³/mol. The zero-order valence-corrected chi connectivity index (χ0v) is 16.8. The van der Waals surface area contributed by atoms with Gasteiger partial charge in [-0.2, -0.15) is 0 Å². The van der Waals surface area contributed by atoms with Gasteiger partial charge >= 0.3 is 0 Å². The predicted octanol–water partition coefficient (Wildman–Crippen LogP) is 3.24. The minimum Gasteiger partial charge on any atom is -0.356 e. The number of benzene rings is 2. The van der Waals surface area contributed by atoms with Crippen LogP contribution >= 0.6 is 23.1 Å². The van der Waals surface area contributed by atoms with E-state index < -0.39 is 0 Å². The van der Waals surface area contributed by atoms with Crippen molar-refractivity contribution < 1.29 is 9.59 Å². The highest BCUT2D eigenvalue weighted by atomic mass is 32.2. The Balaban J connectivity index is 1.47. The summed E-state index contributed by atoms with van der Waals surface area (Å²) in [4.78, 5) is 23.8. The summed E-state index contributed by atoms with van der Waals surface area (Å²) in [5.74, 6) is -0.166. The molecule has 0 bridgehead atoms. The molecule has 0 radical (unpaired) electrons. The maximum atomic E-state index is 12.2. The number of thioether (sulfide) groups is 1. The van der Waals surface area contributed by atoms with E-state index in [2.05, 4.69) is 26.1 Å². The molecule has 144 valence electrons. The fraction of sp³-hybridized carbons (Fsp3) is 0.158. The monoisotopic (exact) mass is 413 g/mol. The number of anilines is 2. The van der Waals surface area contributed by atoms with E-state index >= 15 is 0 Å². The van der Waals surface area contributed by atoms with Gasteiger partial charge in [-0.1, -0.05) is 59.5 Å². The van der Waals surface area contributed by atoms with Gasteiger partial charge < -0.3 is 16.0 Å². The Kier molecular flexibility index (Phi) is 6.99. The van der Waals surface area contributed by atoms with Crippen LogP contribution < -0.4 is 16.0 Å². The van der Waals surface area contributed by atoms with Crippen molar-refractivity contribution in [3.05, 3.63) is 65.7 Å². The van der Waals surface area contributed by atoms with E-state index in [0.29, 0.717) is 27.3 Å². The molecule has 3 N–H and O–H groups in total. The normalized spacial score (nSPS) is 10.3. The third-order valence-corrected chi connectivity index (χ3v) is 5.67. The highest BCUT2D eigenvalue weighted by molar-refractivity contribution is 8.01. The summed E-state index contributed by atoms with van der Waals surface area (Å²) in [6.07, 6.45) is 0. The molecule has 1 aromatic heterocycles. The van der Waals surface area contributed by atoms with E-state index in [9.17, 15) is 9.59 Å². The molecular formula is C19H19N5O2S2. The van der Waals surface area contributed by atoms with E-state index in [-0.39, 0.29) is 17.6 Å². The van der Waals surface area contributed by atoms with E-state index in [4.69, 9.17) is 0 Å². The first-order chi connectivity index (χ1) is 13.6. The van der Waals surface area contributed by atoms with Gasteiger partial charge in [-0.15, -0.1) is 10.2 Å². The number of carbonyl (C=O) groups is 2. The van der Waals surface area contributed by atoms with Gasteiger partial charge in [0.15, 0.2) is 4.34 Å². The summed E-state index contributed by atoms with van der Waals surface area (Å²) in [6.45, 7) is 0.669. The van der Waals surface area contributed by atoms with E-state index in [0.717, 1.165) is 5.56 Å². The summed E-state index contributed by atoms with van der Waals surface area (Å²) < 4.78 is 0.713. The van der Waals surface area contributed by atoms with Crippen LogP contribution in [0.5, 0.6) is 0 Å². The maximum absolute atomic E-state index is 12.2. The second kappa shape index (κ2) is 9.86. The summed E-state index contributed by atoms with van der Waals surface area (Å²) in [6, 6.07) is 16.8. The molecule has 0 spiro atoms. The minimum absolute atomic E-state index is 0.173. The Labute approximate surface area is 171 Å². The molecule has 1 heterocycles. The molecule has 2 amide bonds. The second-order valence-electron chi connectivity index (χ2n) is 5.71. The topological polar surface area (TPSA) is 96.0 Å². The summed E-state index contributed by atoms with van der Waals surface area (Å²) in [5.41, 5.74) is 2.23. The van der Waals surface area contributed by atoms with Crippen molar-refractivity contribution in [2.75, 3.05) is 23.4 Å². The van der Waals surface area contributed by atoms with Crippen molar-refractivity contribution in [1.29, 1.82) is 0 Å². The standard InChI is InChI=1S/C19H19N5O2S2/c1-20-17(26)14-8-5-9-15(10-14)22-16(25)12-27-19-24-23-18(28-19)21-11-13-6-3-2-4-7-13/h2-10H,11-12H2,1H3,(H,20,26)(H,21,23)(H,22,25). The van der Waals surface area contributed by atoms with Crippen molar-refractivity contribution >= 4 is 45.7 Å². The van der Waals surface area contributed by atoms with Gasteiger partial charge in [0.25, 0.3) is 5.91 Å². The lowest BCUT2D eigenvalue weighted by Crippen LogP contribution is -2.18. The van der Waals surface area contributed by atoms with Crippen LogP contribution in [0, 0.1) is 0 Å². The summed E-state index contributed by atoms with van der Waals surface area (Å²) in [5, 5.41) is 17.5. The summed E-state index contributed by atoms with van der Waals surface area (Å²) >= 11 is 2.73. The van der Waals surface area contributed by atoms with Crippen molar-refractivity contribution in [2.24, 2.45) is 0 Å². The van der Waals surface area contributed by atoms with E-state index in [1.165, 1.54) is 23.1 Å². The Bertz CT molecular complexity index is 946. The fourth-order valence-corrected chi connectivity index (χ4v) is 3.87. The molecule has 0 unspecified atom stereocenters. The molecule has 0 fully saturated rings. The molecule has 0 atom stereocenters. The van der Waals surface area contributed by atoms with Gasteiger partial charge in [-0.3, -0.25) is 9.59 Å². The number of aromatic nitrogens is 2. The second-order valence-corrected chi connectivity index (χ2v) is 7.91. The zero-order valence-electron chi connectivity index (χ0n) is 15.1. The largest absolute Gasteiger partial charge is 0.356 e. The van der Waals surface area contributed by atoms with Crippen LogP contribution in [0.25, 0.3) is 0 Å². The van der Waals surface area contributed by atoms with Crippen LogP contribution in [0.2, 0.25) is 0 Å². The average Bonchev–Trinajstić information content (AvgIpc) is 3.19. The van der Waals surface area contributed by atoms with E-state index in [1.54, 1.807) is 31.3 Å². The Morgan fingerprint density at radius 1 is 1.07 bits per heavy atom. The fourth-order valence-electron chi connectivity index (χ4n) is 2.32. The molecule has 0 aliphatic carbocycles. The Morgan fingerprint density at radius 3 is 2.68 bits per heavy atom. The molecule has 2 aromatic carbocycles. The van der Waals surface area contributed by atoms with Crippen LogP contribution in [0.15, 0.2) is 58.9 Å². The smallest absolute Gasteiger partial charge is 0.251 e. The minimum atomic E-state index is -0.199. The van der Waals surface area contributed by atoms with Crippen molar-refractivity contribution in [1.82, 2.24) is 15.5 Å². The van der Waals surface area contributed by atoms with Crippen LogP contribution in [0.4, 0.5) is 10.8 Å². The van der Waals surface area contributed by atoms with Gasteiger partial charge in [0.1, 0.15) is 0 Å². The van der Waals surface area contributed by atoms with Crippen molar-refractivity contribution in [3.63, 3.8) is 0 Å².